The van der Waals surface area contributed by atoms with Gasteiger partial charge < -0.3 is 16.4 Å². The third-order valence-electron chi connectivity index (χ3n) is 3.36. The molecular formula is C14H21N3O. The first-order valence-electron chi connectivity index (χ1n) is 6.58. The average Bonchev–Trinajstić information content (AvgIpc) is 2.40. The number of carbonyl (C=O) groups is 1. The molecule has 1 aromatic rings. The van der Waals surface area contributed by atoms with E-state index in [9.17, 15) is 4.79 Å². The lowest BCUT2D eigenvalue weighted by Crippen LogP contribution is -2.42. The van der Waals surface area contributed by atoms with Gasteiger partial charge in [0.2, 0.25) is 5.91 Å². The van der Waals surface area contributed by atoms with Crippen molar-refractivity contribution in [2.45, 2.75) is 37.8 Å². The van der Waals surface area contributed by atoms with Gasteiger partial charge in [-0.05, 0) is 37.8 Å². The molecule has 18 heavy (non-hydrogen) atoms. The standard InChI is InChI=1S/C14H21N3O/c15-11-6-8-13(9-7-11)17-14(18)10-16-12-4-2-1-3-5-12/h1-5,11,13,16H,6-10,15H2,(H,17,18). The van der Waals surface area contributed by atoms with Crippen LogP contribution >= 0.6 is 0 Å². The third-order valence-corrected chi connectivity index (χ3v) is 3.36. The fraction of sp³-hybridized carbons (Fsp3) is 0.500. The molecule has 1 aliphatic carbocycles. The van der Waals surface area contributed by atoms with Crippen molar-refractivity contribution in [3.8, 4) is 0 Å². The summed E-state index contributed by atoms with van der Waals surface area (Å²) in [6, 6.07) is 10.4. The van der Waals surface area contributed by atoms with Gasteiger partial charge in [0, 0.05) is 17.8 Å². The quantitative estimate of drug-likeness (QED) is 0.755. The van der Waals surface area contributed by atoms with Crippen LogP contribution < -0.4 is 16.4 Å². The largest absolute Gasteiger partial charge is 0.376 e. The maximum absolute atomic E-state index is 11.8. The van der Waals surface area contributed by atoms with Crippen LogP contribution in [0.15, 0.2) is 30.3 Å². The van der Waals surface area contributed by atoms with Gasteiger partial charge in [-0.2, -0.15) is 0 Å². The van der Waals surface area contributed by atoms with Crippen molar-refractivity contribution in [1.82, 2.24) is 5.32 Å². The second-order valence-electron chi connectivity index (χ2n) is 4.90. The molecule has 0 radical (unpaired) electrons. The molecule has 1 amide bonds. The van der Waals surface area contributed by atoms with Crippen molar-refractivity contribution in [3.05, 3.63) is 30.3 Å². The Bertz CT molecular complexity index is 372. The van der Waals surface area contributed by atoms with Crippen molar-refractivity contribution in [2.24, 2.45) is 5.73 Å². The Morgan fingerprint density at radius 2 is 1.83 bits per heavy atom. The minimum Gasteiger partial charge on any atom is -0.376 e. The van der Waals surface area contributed by atoms with Crippen molar-refractivity contribution in [1.29, 1.82) is 0 Å². The maximum Gasteiger partial charge on any atom is 0.239 e. The van der Waals surface area contributed by atoms with Gasteiger partial charge in [-0.1, -0.05) is 18.2 Å². The summed E-state index contributed by atoms with van der Waals surface area (Å²) < 4.78 is 0. The van der Waals surface area contributed by atoms with Crippen LogP contribution in [0.3, 0.4) is 0 Å². The minimum atomic E-state index is 0.0549. The normalized spacial score (nSPS) is 23.4. The molecule has 1 saturated carbocycles. The number of hydrogen-bond donors (Lipinski definition) is 3. The SMILES string of the molecule is NC1CCC(NC(=O)CNc2ccccc2)CC1. The minimum absolute atomic E-state index is 0.0549. The number of amides is 1. The van der Waals surface area contributed by atoms with Gasteiger partial charge in [-0.25, -0.2) is 0 Å². The summed E-state index contributed by atoms with van der Waals surface area (Å²) in [4.78, 5) is 11.8. The Hall–Kier alpha value is -1.55. The number of hydrogen-bond acceptors (Lipinski definition) is 3. The topological polar surface area (TPSA) is 67.1 Å². The summed E-state index contributed by atoms with van der Waals surface area (Å²) in [5.41, 5.74) is 6.81. The summed E-state index contributed by atoms with van der Waals surface area (Å²) in [6.45, 7) is 0.326. The fourth-order valence-electron chi connectivity index (χ4n) is 2.28. The highest BCUT2D eigenvalue weighted by molar-refractivity contribution is 5.80. The van der Waals surface area contributed by atoms with Crippen LogP contribution in [0, 0.1) is 0 Å². The molecule has 0 saturated heterocycles. The van der Waals surface area contributed by atoms with E-state index in [0.29, 0.717) is 18.6 Å². The molecule has 0 heterocycles. The molecule has 4 N–H and O–H groups in total. The molecule has 0 unspecified atom stereocenters. The van der Waals surface area contributed by atoms with Gasteiger partial charge in [-0.3, -0.25) is 4.79 Å². The first kappa shape index (κ1) is 12.9. The highest BCUT2D eigenvalue weighted by atomic mass is 16.1. The Labute approximate surface area is 108 Å². The van der Waals surface area contributed by atoms with Crippen LogP contribution in [0.5, 0.6) is 0 Å². The smallest absolute Gasteiger partial charge is 0.239 e. The van der Waals surface area contributed by atoms with Crippen molar-refractivity contribution in [3.63, 3.8) is 0 Å². The second kappa shape index (κ2) is 6.40. The first-order chi connectivity index (χ1) is 8.74. The van der Waals surface area contributed by atoms with E-state index in [2.05, 4.69) is 10.6 Å². The summed E-state index contributed by atoms with van der Waals surface area (Å²) in [6.07, 6.45) is 4.02. The zero-order valence-corrected chi connectivity index (χ0v) is 10.6. The fourth-order valence-corrected chi connectivity index (χ4v) is 2.28. The van der Waals surface area contributed by atoms with Gasteiger partial charge in [0.05, 0.1) is 6.54 Å². The molecule has 0 bridgehead atoms. The lowest BCUT2D eigenvalue weighted by atomic mass is 9.92. The van der Waals surface area contributed by atoms with Crippen LogP contribution in [0.25, 0.3) is 0 Å². The highest BCUT2D eigenvalue weighted by Crippen LogP contribution is 2.16. The maximum atomic E-state index is 11.8. The predicted octanol–water partition coefficient (Wildman–Crippen LogP) is 1.48. The zero-order chi connectivity index (χ0) is 12.8. The number of benzene rings is 1. The molecule has 1 fully saturated rings. The first-order valence-corrected chi connectivity index (χ1v) is 6.58. The van der Waals surface area contributed by atoms with E-state index < -0.39 is 0 Å². The van der Waals surface area contributed by atoms with Gasteiger partial charge in [0.25, 0.3) is 0 Å². The zero-order valence-electron chi connectivity index (χ0n) is 10.6. The van der Waals surface area contributed by atoms with E-state index in [4.69, 9.17) is 5.73 Å². The van der Waals surface area contributed by atoms with Crippen molar-refractivity contribution >= 4 is 11.6 Å². The van der Waals surface area contributed by atoms with Crippen LogP contribution in [-0.4, -0.2) is 24.5 Å². The third kappa shape index (κ3) is 4.04. The van der Waals surface area contributed by atoms with Gasteiger partial charge in [0.15, 0.2) is 0 Å². The molecule has 0 aromatic heterocycles. The van der Waals surface area contributed by atoms with Crippen LogP contribution in [0.1, 0.15) is 25.7 Å². The summed E-state index contributed by atoms with van der Waals surface area (Å²) in [5.74, 6) is 0.0549. The van der Waals surface area contributed by atoms with Gasteiger partial charge in [0.1, 0.15) is 0 Å². The average molecular weight is 247 g/mol. The molecule has 4 nitrogen and oxygen atoms in total. The number of para-hydroxylation sites is 1. The van der Waals surface area contributed by atoms with Crippen LogP contribution in [0.2, 0.25) is 0 Å². The Balaban J connectivity index is 1.69. The number of rotatable bonds is 4. The lowest BCUT2D eigenvalue weighted by molar-refractivity contribution is -0.120. The number of nitrogens with two attached hydrogens (primary N) is 1. The molecule has 0 aliphatic heterocycles. The Morgan fingerprint density at radius 3 is 2.50 bits per heavy atom. The van der Waals surface area contributed by atoms with E-state index in [-0.39, 0.29) is 5.91 Å². The summed E-state index contributed by atoms with van der Waals surface area (Å²) in [5, 5.41) is 6.16. The predicted molar refractivity (Wildman–Crippen MR) is 73.3 cm³/mol. The summed E-state index contributed by atoms with van der Waals surface area (Å²) in [7, 11) is 0. The van der Waals surface area contributed by atoms with Crippen LogP contribution in [-0.2, 0) is 4.79 Å². The Kier molecular flexibility index (Phi) is 4.59. The molecule has 0 atom stereocenters. The molecule has 2 rings (SSSR count). The van der Waals surface area contributed by atoms with E-state index in [1.807, 2.05) is 30.3 Å². The molecule has 1 aliphatic rings. The molecule has 0 spiro atoms. The van der Waals surface area contributed by atoms with Crippen LogP contribution in [0.4, 0.5) is 5.69 Å². The van der Waals surface area contributed by atoms with E-state index in [1.54, 1.807) is 0 Å². The second-order valence-corrected chi connectivity index (χ2v) is 4.90. The number of carbonyl (C=O) groups excluding carboxylic acids is 1. The van der Waals surface area contributed by atoms with Crippen molar-refractivity contribution in [2.75, 3.05) is 11.9 Å². The number of nitrogens with one attached hydrogen (secondary N) is 2. The molecule has 4 heteroatoms. The molecule has 98 valence electrons. The Morgan fingerprint density at radius 1 is 1.17 bits per heavy atom. The van der Waals surface area contributed by atoms with E-state index >= 15 is 0 Å². The van der Waals surface area contributed by atoms with Gasteiger partial charge >= 0.3 is 0 Å². The monoisotopic (exact) mass is 247 g/mol. The lowest BCUT2D eigenvalue weighted by Gasteiger charge is -2.26. The summed E-state index contributed by atoms with van der Waals surface area (Å²) >= 11 is 0. The van der Waals surface area contributed by atoms with E-state index in [0.717, 1.165) is 31.4 Å². The van der Waals surface area contributed by atoms with Gasteiger partial charge in [-0.15, -0.1) is 0 Å². The van der Waals surface area contributed by atoms with Crippen molar-refractivity contribution < 1.29 is 4.79 Å². The highest BCUT2D eigenvalue weighted by Gasteiger charge is 2.19. The number of anilines is 1. The molecular weight excluding hydrogens is 226 g/mol. The molecule has 1 aromatic carbocycles. The van der Waals surface area contributed by atoms with E-state index in [1.165, 1.54) is 0 Å².